The molecule has 0 spiro atoms. The first-order chi connectivity index (χ1) is 19.3. The minimum Gasteiger partial charge on any atom is -0.384 e. The molecule has 0 saturated carbocycles. The monoisotopic (exact) mass is 557 g/mol. The van der Waals surface area contributed by atoms with Gasteiger partial charge >= 0.3 is 0 Å². The third-order valence-corrected chi connectivity index (χ3v) is 7.81. The number of aromatic nitrogens is 6. The van der Waals surface area contributed by atoms with Crippen molar-refractivity contribution in [2.45, 2.75) is 38.8 Å². The lowest BCUT2D eigenvalue weighted by atomic mass is 10.1. The molecule has 2 amide bonds. The van der Waals surface area contributed by atoms with Crippen molar-refractivity contribution in [3.05, 3.63) is 75.2 Å². The van der Waals surface area contributed by atoms with Crippen LogP contribution in [0, 0.1) is 6.92 Å². The van der Waals surface area contributed by atoms with E-state index in [4.69, 9.17) is 10.3 Å². The minimum atomic E-state index is -0.773. The molecule has 1 aliphatic rings. The zero-order chi connectivity index (χ0) is 28.0. The molecule has 202 valence electrons. The Morgan fingerprint density at radius 1 is 1.23 bits per heavy atom. The minimum absolute atomic E-state index is 0.0797. The maximum absolute atomic E-state index is 13.4. The lowest BCUT2D eigenvalue weighted by molar-refractivity contribution is -0.124. The van der Waals surface area contributed by atoms with Crippen molar-refractivity contribution in [3.63, 3.8) is 0 Å². The molecule has 5 aromatic rings. The van der Waals surface area contributed by atoms with Gasteiger partial charge in [0.05, 0.1) is 12.7 Å². The fourth-order valence-electron chi connectivity index (χ4n) is 4.71. The highest BCUT2D eigenvalue weighted by Crippen LogP contribution is 2.34. The average Bonchev–Trinajstić information content (AvgIpc) is 3.66. The Labute approximate surface area is 230 Å². The van der Waals surface area contributed by atoms with Crippen LogP contribution in [0.3, 0.4) is 0 Å². The van der Waals surface area contributed by atoms with Gasteiger partial charge in [0.2, 0.25) is 11.7 Å². The predicted molar refractivity (Wildman–Crippen MR) is 147 cm³/mol. The summed E-state index contributed by atoms with van der Waals surface area (Å²) in [6, 6.07) is 6.14. The molecule has 0 radical (unpaired) electrons. The number of hydrogen-bond donors (Lipinski definition) is 3. The lowest BCUT2D eigenvalue weighted by Gasteiger charge is -2.15. The van der Waals surface area contributed by atoms with Crippen molar-refractivity contribution >= 4 is 44.7 Å². The number of nitrogens with zero attached hydrogens (tertiary/aromatic N) is 6. The molecule has 6 heterocycles. The Morgan fingerprint density at radius 3 is 2.90 bits per heavy atom. The molecule has 4 N–H and O–H groups in total. The molecule has 0 fully saturated rings. The lowest BCUT2D eigenvalue weighted by Crippen LogP contribution is -2.36. The predicted octanol–water partition coefficient (Wildman–Crippen LogP) is 2.81. The van der Waals surface area contributed by atoms with Gasteiger partial charge in [-0.15, -0.1) is 16.4 Å². The van der Waals surface area contributed by atoms with Crippen LogP contribution < -0.4 is 21.9 Å². The number of amides is 2. The van der Waals surface area contributed by atoms with Crippen molar-refractivity contribution in [1.29, 1.82) is 0 Å². The van der Waals surface area contributed by atoms with Crippen molar-refractivity contribution < 1.29 is 14.1 Å². The Bertz CT molecular complexity index is 1840. The fraction of sp³-hybridized carbons (Fsp3) is 0.231. The van der Waals surface area contributed by atoms with Crippen molar-refractivity contribution in [2.24, 2.45) is 0 Å². The van der Waals surface area contributed by atoms with E-state index in [9.17, 15) is 14.4 Å². The van der Waals surface area contributed by atoms with Gasteiger partial charge in [-0.2, -0.15) is 5.10 Å². The van der Waals surface area contributed by atoms with E-state index in [2.05, 4.69) is 36.0 Å². The Hall–Kier alpha value is -4.98. The first kappa shape index (κ1) is 25.3. The van der Waals surface area contributed by atoms with Crippen molar-refractivity contribution in [2.75, 3.05) is 11.1 Å². The molecular formula is C26H23N9O4S. The average molecular weight is 558 g/mol. The molecular weight excluding hydrogens is 534 g/mol. The van der Waals surface area contributed by atoms with E-state index in [1.807, 2.05) is 19.9 Å². The molecule has 0 saturated heterocycles. The van der Waals surface area contributed by atoms with E-state index < -0.39 is 17.5 Å². The second kappa shape index (κ2) is 9.96. The zero-order valence-corrected chi connectivity index (χ0v) is 22.2. The maximum Gasteiger partial charge on any atom is 0.294 e. The number of thiophene rings is 1. The zero-order valence-electron chi connectivity index (χ0n) is 21.4. The number of fused-ring (bicyclic) bond motifs is 2. The third kappa shape index (κ3) is 4.58. The van der Waals surface area contributed by atoms with Gasteiger partial charge in [-0.1, -0.05) is 12.1 Å². The van der Waals surface area contributed by atoms with Gasteiger partial charge in [0.1, 0.15) is 34.8 Å². The molecule has 6 rings (SSSR count). The molecule has 0 aromatic carbocycles. The van der Waals surface area contributed by atoms with E-state index in [1.165, 1.54) is 28.2 Å². The SMILES string of the molecule is Cc1ccnnc1-c1cc(C(=O)Nc2cnc3n(c2=O)[C@H](C(=O)NCc2cc4cnc(N)cc4s2)C[C@H]3C)on1. The van der Waals surface area contributed by atoms with Crippen molar-refractivity contribution in [1.82, 2.24) is 35.2 Å². The summed E-state index contributed by atoms with van der Waals surface area (Å²) < 4.78 is 7.51. The van der Waals surface area contributed by atoms with Crippen LogP contribution >= 0.6 is 11.3 Å². The second-order valence-corrected chi connectivity index (χ2v) is 10.7. The number of nitrogens with two attached hydrogens (primary N) is 1. The number of carbonyl (C=O) groups excluding carboxylic acids is 2. The first-order valence-electron chi connectivity index (χ1n) is 12.4. The van der Waals surface area contributed by atoms with Gasteiger partial charge in [0.25, 0.3) is 11.5 Å². The number of aryl methyl sites for hydroxylation is 1. The third-order valence-electron chi connectivity index (χ3n) is 6.71. The summed E-state index contributed by atoms with van der Waals surface area (Å²) in [5, 5.41) is 18.2. The summed E-state index contributed by atoms with van der Waals surface area (Å²) in [4.78, 5) is 48.9. The van der Waals surface area contributed by atoms with Gasteiger partial charge in [0.15, 0.2) is 0 Å². The Balaban J connectivity index is 1.20. The number of nitrogen functional groups attached to an aromatic ring is 1. The molecule has 13 nitrogen and oxygen atoms in total. The Kier molecular flexibility index (Phi) is 6.30. The quantitative estimate of drug-likeness (QED) is 0.280. The summed E-state index contributed by atoms with van der Waals surface area (Å²) >= 11 is 1.51. The van der Waals surface area contributed by atoms with Crippen molar-refractivity contribution in [3.8, 4) is 11.4 Å². The van der Waals surface area contributed by atoms with Gasteiger partial charge < -0.3 is 20.9 Å². The molecule has 1 aliphatic heterocycles. The maximum atomic E-state index is 13.4. The summed E-state index contributed by atoms with van der Waals surface area (Å²) in [5.41, 5.74) is 6.77. The van der Waals surface area contributed by atoms with Crippen LogP contribution in [-0.2, 0) is 11.3 Å². The normalized spacial score (nSPS) is 16.1. The highest BCUT2D eigenvalue weighted by Gasteiger charge is 2.36. The number of nitrogens with one attached hydrogen (secondary N) is 2. The van der Waals surface area contributed by atoms with Gasteiger partial charge in [-0.3, -0.25) is 19.0 Å². The molecule has 0 bridgehead atoms. The topological polar surface area (TPSA) is 184 Å². The van der Waals surface area contributed by atoms with Crippen LogP contribution in [0.15, 0.2) is 52.2 Å². The van der Waals surface area contributed by atoms with Crippen LogP contribution in [0.2, 0.25) is 0 Å². The van der Waals surface area contributed by atoms with Crippen LogP contribution in [0.4, 0.5) is 11.5 Å². The fourth-order valence-corrected chi connectivity index (χ4v) is 5.73. The molecule has 0 unspecified atom stereocenters. The van der Waals surface area contributed by atoms with E-state index in [-0.39, 0.29) is 29.8 Å². The smallest absolute Gasteiger partial charge is 0.294 e. The van der Waals surface area contributed by atoms with Crippen LogP contribution in [0.1, 0.15) is 52.1 Å². The number of carbonyl (C=O) groups is 2. The van der Waals surface area contributed by atoms with Crippen LogP contribution in [0.25, 0.3) is 21.5 Å². The molecule has 5 aromatic heterocycles. The van der Waals surface area contributed by atoms with Gasteiger partial charge in [0, 0.05) is 39.3 Å². The molecule has 14 heteroatoms. The molecule has 40 heavy (non-hydrogen) atoms. The summed E-state index contributed by atoms with van der Waals surface area (Å²) in [5.74, 6) is -0.335. The standard InChI is InChI=1S/C26H23N9O4S/c1-12-3-4-31-33-22(12)16-7-19(39-34-16)25(37)32-17-11-29-23-13(2)5-18(35(23)26(17)38)24(36)30-10-15-6-14-9-28-21(27)8-20(14)40-15/h3-4,6-9,11,13,18H,5,10H2,1-2H3,(H2,27,28)(H,30,36)(H,32,37)/t13-,18+/m1/s1. The van der Waals surface area contributed by atoms with Crippen LogP contribution in [-0.4, -0.2) is 41.7 Å². The Morgan fingerprint density at radius 2 is 2.08 bits per heavy atom. The molecule has 2 atom stereocenters. The number of anilines is 2. The summed E-state index contributed by atoms with van der Waals surface area (Å²) in [6.45, 7) is 4.02. The highest BCUT2D eigenvalue weighted by molar-refractivity contribution is 7.19. The molecule has 0 aliphatic carbocycles. The summed E-state index contributed by atoms with van der Waals surface area (Å²) in [7, 11) is 0. The van der Waals surface area contributed by atoms with E-state index in [0.29, 0.717) is 29.5 Å². The highest BCUT2D eigenvalue weighted by atomic mass is 32.1. The van der Waals surface area contributed by atoms with E-state index in [1.54, 1.807) is 24.5 Å². The largest absolute Gasteiger partial charge is 0.384 e. The number of pyridine rings is 1. The van der Waals surface area contributed by atoms with E-state index in [0.717, 1.165) is 20.5 Å². The van der Waals surface area contributed by atoms with Gasteiger partial charge in [-0.25, -0.2) is 9.97 Å². The van der Waals surface area contributed by atoms with Crippen LogP contribution in [0.5, 0.6) is 0 Å². The number of hydrogen-bond acceptors (Lipinski definition) is 11. The van der Waals surface area contributed by atoms with E-state index >= 15 is 0 Å². The first-order valence-corrected chi connectivity index (χ1v) is 13.2. The number of rotatable bonds is 6. The van der Waals surface area contributed by atoms with Gasteiger partial charge in [-0.05, 0) is 37.1 Å². The summed E-state index contributed by atoms with van der Waals surface area (Å²) in [6.07, 6.45) is 4.94. The second-order valence-electron chi connectivity index (χ2n) is 9.53.